The highest BCUT2D eigenvalue weighted by atomic mass is 79.9. The molecule has 0 radical (unpaired) electrons. The Balaban J connectivity index is 2.19. The summed E-state index contributed by atoms with van der Waals surface area (Å²) in [6.45, 7) is 6.86. The van der Waals surface area contributed by atoms with Crippen molar-refractivity contribution in [3.8, 4) is 0 Å². The van der Waals surface area contributed by atoms with Crippen LogP contribution in [0.5, 0.6) is 0 Å². The van der Waals surface area contributed by atoms with Crippen LogP contribution in [0.1, 0.15) is 41.6 Å². The van der Waals surface area contributed by atoms with E-state index in [1.807, 2.05) is 32.2 Å². The molecule has 1 amide bonds. The predicted octanol–water partition coefficient (Wildman–Crippen LogP) is 4.34. The number of unbranched alkanes of at least 4 members (excludes halogenated alkanes) is 1. The van der Waals surface area contributed by atoms with Crippen LogP contribution in [0.25, 0.3) is 0 Å². The summed E-state index contributed by atoms with van der Waals surface area (Å²) < 4.78 is 0.958. The van der Waals surface area contributed by atoms with Gasteiger partial charge >= 0.3 is 0 Å². The van der Waals surface area contributed by atoms with E-state index in [2.05, 4.69) is 43.0 Å². The Labute approximate surface area is 151 Å². The average Bonchev–Trinajstić information content (AvgIpc) is 2.55. The van der Waals surface area contributed by atoms with E-state index < -0.39 is 0 Å². The molecule has 2 rings (SSSR count). The number of hydrogen-bond acceptors (Lipinski definition) is 4. The number of aryl methyl sites for hydroxylation is 2. The summed E-state index contributed by atoms with van der Waals surface area (Å²) in [6.07, 6.45) is 2.20. The highest BCUT2D eigenvalue weighted by Crippen LogP contribution is 2.21. The first-order chi connectivity index (χ1) is 11.4. The molecular formula is C18H23BrN4O. The van der Waals surface area contributed by atoms with Crippen LogP contribution in [0.3, 0.4) is 0 Å². The fourth-order valence-corrected chi connectivity index (χ4v) is 2.62. The topological polar surface area (TPSA) is 58.1 Å². The van der Waals surface area contributed by atoms with E-state index in [1.54, 1.807) is 13.0 Å². The summed E-state index contributed by atoms with van der Waals surface area (Å²) in [6, 6.07) is 7.45. The summed E-state index contributed by atoms with van der Waals surface area (Å²) >= 11 is 3.47. The van der Waals surface area contributed by atoms with Gasteiger partial charge in [-0.3, -0.25) is 4.79 Å². The highest BCUT2D eigenvalue weighted by molar-refractivity contribution is 9.10. The molecule has 1 aromatic carbocycles. The quantitative estimate of drug-likeness (QED) is 0.796. The molecule has 0 atom stereocenters. The highest BCUT2D eigenvalue weighted by Gasteiger charge is 2.13. The Morgan fingerprint density at radius 2 is 2.00 bits per heavy atom. The molecule has 0 bridgehead atoms. The maximum atomic E-state index is 12.5. The van der Waals surface area contributed by atoms with Crippen LogP contribution in [0.4, 0.5) is 11.5 Å². The number of carbonyl (C=O) groups excluding carboxylic acids is 1. The molecule has 0 aliphatic rings. The van der Waals surface area contributed by atoms with Crippen LogP contribution in [-0.4, -0.2) is 29.5 Å². The number of carbonyl (C=O) groups is 1. The lowest BCUT2D eigenvalue weighted by atomic mass is 10.2. The van der Waals surface area contributed by atoms with Crippen molar-refractivity contribution < 1.29 is 4.79 Å². The van der Waals surface area contributed by atoms with Gasteiger partial charge < -0.3 is 10.2 Å². The average molecular weight is 391 g/mol. The predicted molar refractivity (Wildman–Crippen MR) is 102 cm³/mol. The largest absolute Gasteiger partial charge is 0.360 e. The van der Waals surface area contributed by atoms with Crippen molar-refractivity contribution in [3.05, 3.63) is 45.8 Å². The molecule has 128 valence electrons. The van der Waals surface area contributed by atoms with Gasteiger partial charge in [-0.05, 0) is 38.0 Å². The van der Waals surface area contributed by atoms with Gasteiger partial charge in [-0.15, -0.1) is 0 Å². The van der Waals surface area contributed by atoms with Crippen molar-refractivity contribution in [3.63, 3.8) is 0 Å². The number of hydrogen-bond donors (Lipinski definition) is 1. The van der Waals surface area contributed by atoms with Gasteiger partial charge in [0.1, 0.15) is 17.3 Å². The Morgan fingerprint density at radius 1 is 1.25 bits per heavy atom. The van der Waals surface area contributed by atoms with Gasteiger partial charge in [0.25, 0.3) is 5.91 Å². The number of rotatable bonds is 6. The second-order valence-electron chi connectivity index (χ2n) is 5.85. The lowest BCUT2D eigenvalue weighted by molar-refractivity contribution is 0.102. The van der Waals surface area contributed by atoms with Crippen molar-refractivity contribution >= 4 is 33.3 Å². The number of halogens is 1. The molecule has 0 fully saturated rings. The van der Waals surface area contributed by atoms with Crippen LogP contribution in [0.15, 0.2) is 28.7 Å². The first-order valence-electron chi connectivity index (χ1n) is 8.05. The molecule has 5 nitrogen and oxygen atoms in total. The second kappa shape index (κ2) is 8.24. The van der Waals surface area contributed by atoms with Crippen LogP contribution in [0, 0.1) is 13.8 Å². The minimum Gasteiger partial charge on any atom is -0.360 e. The van der Waals surface area contributed by atoms with Crippen LogP contribution in [0.2, 0.25) is 0 Å². The van der Waals surface area contributed by atoms with Crippen molar-refractivity contribution in [1.82, 2.24) is 9.97 Å². The maximum Gasteiger partial charge on any atom is 0.274 e. The molecule has 1 heterocycles. The van der Waals surface area contributed by atoms with Crippen molar-refractivity contribution in [2.45, 2.75) is 33.6 Å². The first-order valence-corrected chi connectivity index (χ1v) is 8.84. The normalized spacial score (nSPS) is 10.5. The minimum absolute atomic E-state index is 0.235. The fraction of sp³-hybridized carbons (Fsp3) is 0.389. The van der Waals surface area contributed by atoms with E-state index in [0.29, 0.717) is 11.5 Å². The lowest BCUT2D eigenvalue weighted by Crippen LogP contribution is -2.22. The number of aromatic nitrogens is 2. The zero-order valence-corrected chi connectivity index (χ0v) is 16.1. The zero-order valence-electron chi connectivity index (χ0n) is 14.6. The summed E-state index contributed by atoms with van der Waals surface area (Å²) in [7, 11) is 1.98. The fourth-order valence-electron chi connectivity index (χ4n) is 2.24. The zero-order chi connectivity index (χ0) is 17.7. The Kier molecular flexibility index (Phi) is 6.31. The molecule has 1 aromatic heterocycles. The molecule has 0 aliphatic carbocycles. The van der Waals surface area contributed by atoms with Gasteiger partial charge in [-0.2, -0.15) is 0 Å². The minimum atomic E-state index is -0.235. The van der Waals surface area contributed by atoms with E-state index in [0.717, 1.165) is 40.9 Å². The number of anilines is 2. The Morgan fingerprint density at radius 3 is 2.67 bits per heavy atom. The van der Waals surface area contributed by atoms with Crippen LogP contribution < -0.4 is 10.2 Å². The molecule has 6 heteroatoms. The third-order valence-electron chi connectivity index (χ3n) is 3.72. The SMILES string of the molecule is CCCCN(C)c1cc(C(=O)Nc2ccc(C)c(Br)c2)nc(C)n1. The van der Waals surface area contributed by atoms with Gasteiger partial charge in [0.2, 0.25) is 0 Å². The first kappa shape index (κ1) is 18.4. The molecular weight excluding hydrogens is 368 g/mol. The van der Waals surface area contributed by atoms with Crippen molar-refractivity contribution in [1.29, 1.82) is 0 Å². The monoisotopic (exact) mass is 390 g/mol. The molecule has 1 N–H and O–H groups in total. The second-order valence-corrected chi connectivity index (χ2v) is 6.71. The molecule has 0 aliphatic heterocycles. The number of amides is 1. The third kappa shape index (κ3) is 4.77. The molecule has 24 heavy (non-hydrogen) atoms. The standard InChI is InChI=1S/C18H23BrN4O/c1-5-6-9-23(4)17-11-16(20-13(3)21-17)18(24)22-14-8-7-12(2)15(19)10-14/h7-8,10-11H,5-6,9H2,1-4H3,(H,22,24). The number of benzene rings is 1. The van der Waals surface area contributed by atoms with Crippen LogP contribution >= 0.6 is 15.9 Å². The summed E-state index contributed by atoms with van der Waals surface area (Å²) in [5, 5.41) is 2.89. The lowest BCUT2D eigenvalue weighted by Gasteiger charge is -2.18. The molecule has 0 saturated heterocycles. The van der Waals surface area contributed by atoms with Gasteiger partial charge in [0, 0.05) is 29.8 Å². The van der Waals surface area contributed by atoms with Gasteiger partial charge in [0.05, 0.1) is 0 Å². The smallest absolute Gasteiger partial charge is 0.274 e. The third-order valence-corrected chi connectivity index (χ3v) is 4.58. The maximum absolute atomic E-state index is 12.5. The van der Waals surface area contributed by atoms with E-state index in [-0.39, 0.29) is 5.91 Å². The molecule has 0 spiro atoms. The van der Waals surface area contributed by atoms with E-state index in [4.69, 9.17) is 0 Å². The van der Waals surface area contributed by atoms with Crippen molar-refractivity contribution in [2.75, 3.05) is 23.8 Å². The van der Waals surface area contributed by atoms with E-state index >= 15 is 0 Å². The van der Waals surface area contributed by atoms with E-state index in [1.165, 1.54) is 0 Å². The number of nitrogens with one attached hydrogen (secondary N) is 1. The van der Waals surface area contributed by atoms with E-state index in [9.17, 15) is 4.79 Å². The van der Waals surface area contributed by atoms with Gasteiger partial charge in [0.15, 0.2) is 0 Å². The molecule has 2 aromatic rings. The Hall–Kier alpha value is -1.95. The molecule has 0 saturated carbocycles. The Bertz CT molecular complexity index is 733. The van der Waals surface area contributed by atoms with Gasteiger partial charge in [-0.25, -0.2) is 9.97 Å². The summed E-state index contributed by atoms with van der Waals surface area (Å²) in [4.78, 5) is 23.3. The van der Waals surface area contributed by atoms with Crippen LogP contribution in [-0.2, 0) is 0 Å². The summed E-state index contributed by atoms with van der Waals surface area (Å²) in [5.41, 5.74) is 2.22. The molecule has 0 unspecified atom stereocenters. The summed E-state index contributed by atoms with van der Waals surface area (Å²) in [5.74, 6) is 1.12. The number of nitrogens with zero attached hydrogens (tertiary/aromatic N) is 3. The van der Waals surface area contributed by atoms with Crippen molar-refractivity contribution in [2.24, 2.45) is 0 Å². The van der Waals surface area contributed by atoms with Gasteiger partial charge in [-0.1, -0.05) is 35.3 Å².